The van der Waals surface area contributed by atoms with Gasteiger partial charge in [0, 0.05) is 0 Å². The zero-order chi connectivity index (χ0) is 10.0. The highest BCUT2D eigenvalue weighted by Crippen LogP contribution is 2.33. The van der Waals surface area contributed by atoms with Gasteiger partial charge in [-0.2, -0.15) is 0 Å². The zero-order valence-electron chi connectivity index (χ0n) is 9.05. The van der Waals surface area contributed by atoms with Gasteiger partial charge in [0.15, 0.2) is 5.96 Å². The lowest BCUT2D eigenvalue weighted by molar-refractivity contribution is 0.351. The molecule has 80 valence electrons. The standard InChI is InChI=1S/C11H21N3/c1-2-9-4-3-6-11(7-5-9)8-13-10(12)14-11/h9H,2-8H2,1H3,(H3,12,13,14). The van der Waals surface area contributed by atoms with Gasteiger partial charge in [0.2, 0.25) is 0 Å². The summed E-state index contributed by atoms with van der Waals surface area (Å²) in [6, 6.07) is 0. The molecule has 0 aromatic rings. The number of aliphatic imine (C=N–C) groups is 1. The Morgan fingerprint density at radius 1 is 1.50 bits per heavy atom. The van der Waals surface area contributed by atoms with E-state index >= 15 is 0 Å². The van der Waals surface area contributed by atoms with Gasteiger partial charge in [-0.1, -0.05) is 26.2 Å². The largest absolute Gasteiger partial charge is 0.370 e. The Balaban J connectivity index is 1.96. The SMILES string of the molecule is CCC1CCCC2(CC1)CN=C(N)N2. The molecule has 0 amide bonds. The maximum Gasteiger partial charge on any atom is 0.189 e. The van der Waals surface area contributed by atoms with Crippen molar-refractivity contribution in [3.63, 3.8) is 0 Å². The zero-order valence-corrected chi connectivity index (χ0v) is 9.05. The molecular weight excluding hydrogens is 174 g/mol. The van der Waals surface area contributed by atoms with Crippen molar-refractivity contribution in [1.29, 1.82) is 0 Å². The third kappa shape index (κ3) is 1.86. The average Bonchev–Trinajstić information content (AvgIpc) is 2.44. The van der Waals surface area contributed by atoms with Gasteiger partial charge in [0.1, 0.15) is 0 Å². The number of nitrogens with zero attached hydrogens (tertiary/aromatic N) is 1. The summed E-state index contributed by atoms with van der Waals surface area (Å²) in [4.78, 5) is 4.29. The van der Waals surface area contributed by atoms with Crippen molar-refractivity contribution in [3.8, 4) is 0 Å². The molecule has 0 bridgehead atoms. The van der Waals surface area contributed by atoms with E-state index in [0.29, 0.717) is 5.96 Å². The predicted molar refractivity (Wildman–Crippen MR) is 59.2 cm³/mol. The highest BCUT2D eigenvalue weighted by molar-refractivity contribution is 5.80. The Hall–Kier alpha value is -0.730. The molecule has 0 aromatic carbocycles. The van der Waals surface area contributed by atoms with Gasteiger partial charge in [-0.3, -0.25) is 4.99 Å². The fraction of sp³-hybridized carbons (Fsp3) is 0.909. The third-order valence-electron chi connectivity index (χ3n) is 3.82. The van der Waals surface area contributed by atoms with Crippen LogP contribution in [0.5, 0.6) is 0 Å². The second-order valence-corrected chi connectivity index (χ2v) is 4.81. The van der Waals surface area contributed by atoms with Gasteiger partial charge in [-0.25, -0.2) is 0 Å². The average molecular weight is 195 g/mol. The van der Waals surface area contributed by atoms with Crippen LogP contribution in [0.25, 0.3) is 0 Å². The first-order valence-electron chi connectivity index (χ1n) is 5.82. The number of guanidine groups is 1. The smallest absolute Gasteiger partial charge is 0.189 e. The molecule has 3 heteroatoms. The molecule has 1 heterocycles. The molecule has 0 radical (unpaired) electrons. The number of hydrogen-bond donors (Lipinski definition) is 2. The lowest BCUT2D eigenvalue weighted by atomic mass is 9.90. The first-order chi connectivity index (χ1) is 6.74. The van der Waals surface area contributed by atoms with E-state index in [2.05, 4.69) is 17.2 Å². The van der Waals surface area contributed by atoms with Crippen LogP contribution in [-0.4, -0.2) is 18.0 Å². The second kappa shape index (κ2) is 3.79. The van der Waals surface area contributed by atoms with E-state index in [4.69, 9.17) is 5.73 Å². The molecule has 1 saturated carbocycles. The normalized spacial score (nSPS) is 37.8. The van der Waals surface area contributed by atoms with Crippen LogP contribution >= 0.6 is 0 Å². The lowest BCUT2D eigenvalue weighted by Gasteiger charge is -2.27. The number of hydrogen-bond acceptors (Lipinski definition) is 3. The molecule has 1 fully saturated rings. The highest BCUT2D eigenvalue weighted by Gasteiger charge is 2.36. The van der Waals surface area contributed by atoms with Gasteiger partial charge in [0.05, 0.1) is 12.1 Å². The Morgan fingerprint density at radius 3 is 3.00 bits per heavy atom. The van der Waals surface area contributed by atoms with Crippen molar-refractivity contribution in [3.05, 3.63) is 0 Å². The first kappa shape index (κ1) is 9.81. The van der Waals surface area contributed by atoms with Crippen LogP contribution in [-0.2, 0) is 0 Å². The summed E-state index contributed by atoms with van der Waals surface area (Å²) in [5, 5.41) is 3.38. The summed E-state index contributed by atoms with van der Waals surface area (Å²) in [7, 11) is 0. The molecule has 3 nitrogen and oxygen atoms in total. The van der Waals surface area contributed by atoms with Crippen molar-refractivity contribution in [1.82, 2.24) is 5.32 Å². The summed E-state index contributed by atoms with van der Waals surface area (Å²) in [6.45, 7) is 3.20. The van der Waals surface area contributed by atoms with Crippen LogP contribution in [0, 0.1) is 5.92 Å². The highest BCUT2D eigenvalue weighted by atomic mass is 15.2. The molecule has 2 unspecified atom stereocenters. The summed E-state index contributed by atoms with van der Waals surface area (Å²) >= 11 is 0. The molecule has 3 N–H and O–H groups in total. The van der Waals surface area contributed by atoms with Crippen LogP contribution in [0.15, 0.2) is 4.99 Å². The Morgan fingerprint density at radius 2 is 2.36 bits per heavy atom. The summed E-state index contributed by atoms with van der Waals surface area (Å²) in [5.41, 5.74) is 5.93. The van der Waals surface area contributed by atoms with Crippen molar-refractivity contribution < 1.29 is 0 Å². The van der Waals surface area contributed by atoms with E-state index in [1.54, 1.807) is 0 Å². The summed E-state index contributed by atoms with van der Waals surface area (Å²) < 4.78 is 0. The number of nitrogens with one attached hydrogen (secondary N) is 1. The monoisotopic (exact) mass is 195 g/mol. The minimum Gasteiger partial charge on any atom is -0.370 e. The van der Waals surface area contributed by atoms with E-state index in [1.807, 2.05) is 0 Å². The van der Waals surface area contributed by atoms with Crippen LogP contribution in [0.4, 0.5) is 0 Å². The molecule has 2 atom stereocenters. The molecule has 1 spiro atoms. The van der Waals surface area contributed by atoms with Crippen LogP contribution in [0.1, 0.15) is 45.4 Å². The van der Waals surface area contributed by atoms with Gasteiger partial charge >= 0.3 is 0 Å². The van der Waals surface area contributed by atoms with Crippen LogP contribution in [0.2, 0.25) is 0 Å². The predicted octanol–water partition coefficient (Wildman–Crippen LogP) is 1.63. The fourth-order valence-electron chi connectivity index (χ4n) is 2.76. The molecule has 0 aromatic heterocycles. The minimum absolute atomic E-state index is 0.230. The van der Waals surface area contributed by atoms with Crippen molar-refractivity contribution in [2.24, 2.45) is 16.6 Å². The number of rotatable bonds is 1. The van der Waals surface area contributed by atoms with E-state index in [9.17, 15) is 0 Å². The summed E-state index contributed by atoms with van der Waals surface area (Å²) in [5.74, 6) is 1.58. The topological polar surface area (TPSA) is 50.4 Å². The molecule has 1 aliphatic heterocycles. The molecule has 14 heavy (non-hydrogen) atoms. The fourth-order valence-corrected chi connectivity index (χ4v) is 2.76. The van der Waals surface area contributed by atoms with E-state index < -0.39 is 0 Å². The minimum atomic E-state index is 0.230. The maximum atomic E-state index is 5.70. The molecule has 1 aliphatic carbocycles. The maximum absolute atomic E-state index is 5.70. The third-order valence-corrected chi connectivity index (χ3v) is 3.82. The molecular formula is C11H21N3. The van der Waals surface area contributed by atoms with Crippen LogP contribution in [0.3, 0.4) is 0 Å². The van der Waals surface area contributed by atoms with Crippen molar-refractivity contribution >= 4 is 5.96 Å². The van der Waals surface area contributed by atoms with Gasteiger partial charge < -0.3 is 11.1 Å². The number of nitrogens with two attached hydrogens (primary N) is 1. The molecule has 2 rings (SSSR count). The van der Waals surface area contributed by atoms with Gasteiger partial charge in [-0.05, 0) is 25.2 Å². The first-order valence-corrected chi connectivity index (χ1v) is 5.82. The van der Waals surface area contributed by atoms with Crippen molar-refractivity contribution in [2.45, 2.75) is 51.0 Å². The Bertz CT molecular complexity index is 237. The van der Waals surface area contributed by atoms with E-state index in [1.165, 1.54) is 38.5 Å². The lowest BCUT2D eigenvalue weighted by Crippen LogP contribution is -2.47. The second-order valence-electron chi connectivity index (χ2n) is 4.81. The Labute approximate surface area is 86.2 Å². The van der Waals surface area contributed by atoms with Crippen LogP contribution < -0.4 is 11.1 Å². The van der Waals surface area contributed by atoms with Crippen molar-refractivity contribution in [2.75, 3.05) is 6.54 Å². The van der Waals surface area contributed by atoms with E-state index in [-0.39, 0.29) is 5.54 Å². The quantitative estimate of drug-likeness (QED) is 0.668. The van der Waals surface area contributed by atoms with Gasteiger partial charge in [0.25, 0.3) is 0 Å². The Kier molecular flexibility index (Phi) is 2.66. The van der Waals surface area contributed by atoms with E-state index in [0.717, 1.165) is 12.5 Å². The van der Waals surface area contributed by atoms with Gasteiger partial charge in [-0.15, -0.1) is 0 Å². The molecule has 2 aliphatic rings. The summed E-state index contributed by atoms with van der Waals surface area (Å²) in [6.07, 6.45) is 7.87. The molecule has 0 saturated heterocycles.